The SMILES string of the molecule is Cc1ccc2c(nc(Nc3ccc(-c4cn([C@H]5CC[C@@H](N6CCN(C)CC6)CC5)c5ncnc(N)c45)cc3)n2C)c1C. The number of nitrogens with zero attached hydrogens (tertiary/aromatic N) is 7. The van der Waals surface area contributed by atoms with E-state index in [4.69, 9.17) is 15.7 Å². The van der Waals surface area contributed by atoms with Crippen molar-refractivity contribution < 1.29 is 0 Å². The van der Waals surface area contributed by atoms with Gasteiger partial charge in [0.25, 0.3) is 0 Å². The second-order valence-electron chi connectivity index (χ2n) is 12.3. The minimum absolute atomic E-state index is 0.421. The lowest BCUT2D eigenvalue weighted by atomic mass is 9.89. The van der Waals surface area contributed by atoms with Gasteiger partial charge in [-0.3, -0.25) is 4.90 Å². The van der Waals surface area contributed by atoms with Gasteiger partial charge in [-0.25, -0.2) is 15.0 Å². The maximum absolute atomic E-state index is 6.48. The first-order valence-electron chi connectivity index (χ1n) is 15.2. The quantitative estimate of drug-likeness (QED) is 0.285. The number of hydrogen-bond donors (Lipinski definition) is 2. The van der Waals surface area contributed by atoms with Crippen LogP contribution < -0.4 is 11.1 Å². The maximum Gasteiger partial charge on any atom is 0.208 e. The van der Waals surface area contributed by atoms with Gasteiger partial charge in [-0.1, -0.05) is 18.2 Å². The Morgan fingerprint density at radius 1 is 0.857 bits per heavy atom. The van der Waals surface area contributed by atoms with Crippen LogP contribution in [0.4, 0.5) is 17.5 Å². The third kappa shape index (κ3) is 4.70. The van der Waals surface area contributed by atoms with Gasteiger partial charge < -0.3 is 25.1 Å². The van der Waals surface area contributed by atoms with E-state index in [-0.39, 0.29) is 0 Å². The Morgan fingerprint density at radius 3 is 2.31 bits per heavy atom. The van der Waals surface area contributed by atoms with E-state index < -0.39 is 0 Å². The highest BCUT2D eigenvalue weighted by Gasteiger charge is 2.30. The lowest BCUT2D eigenvalue weighted by Gasteiger charge is -2.41. The van der Waals surface area contributed by atoms with Crippen molar-refractivity contribution in [1.29, 1.82) is 0 Å². The summed E-state index contributed by atoms with van der Waals surface area (Å²) in [6.45, 7) is 8.99. The van der Waals surface area contributed by atoms with Crippen LogP contribution in [0, 0.1) is 13.8 Å². The van der Waals surface area contributed by atoms with Gasteiger partial charge in [-0.2, -0.15) is 0 Å². The van der Waals surface area contributed by atoms with E-state index in [9.17, 15) is 0 Å². The monoisotopic (exact) mass is 563 g/mol. The first-order chi connectivity index (χ1) is 20.4. The Labute approximate surface area is 247 Å². The van der Waals surface area contributed by atoms with Crippen LogP contribution in [0.1, 0.15) is 42.9 Å². The zero-order valence-corrected chi connectivity index (χ0v) is 25.1. The Morgan fingerprint density at radius 2 is 1.57 bits per heavy atom. The predicted octanol–water partition coefficient (Wildman–Crippen LogP) is 5.66. The van der Waals surface area contributed by atoms with Crippen molar-refractivity contribution in [2.75, 3.05) is 44.3 Å². The van der Waals surface area contributed by atoms with Gasteiger partial charge in [-0.15, -0.1) is 0 Å². The van der Waals surface area contributed by atoms with Crippen LogP contribution in [0.3, 0.4) is 0 Å². The van der Waals surface area contributed by atoms with E-state index >= 15 is 0 Å². The van der Waals surface area contributed by atoms with Gasteiger partial charge >= 0.3 is 0 Å². The molecule has 3 aromatic heterocycles. The summed E-state index contributed by atoms with van der Waals surface area (Å²) >= 11 is 0. The molecule has 0 amide bonds. The van der Waals surface area contributed by atoms with Crippen molar-refractivity contribution in [1.82, 2.24) is 33.9 Å². The molecule has 0 unspecified atom stereocenters. The lowest BCUT2D eigenvalue weighted by Crippen LogP contribution is -2.49. The number of hydrogen-bond acceptors (Lipinski definition) is 7. The molecule has 7 rings (SSSR count). The first-order valence-corrected chi connectivity index (χ1v) is 15.2. The van der Waals surface area contributed by atoms with Crippen molar-refractivity contribution in [3.63, 3.8) is 0 Å². The number of fused-ring (bicyclic) bond motifs is 2. The predicted molar refractivity (Wildman–Crippen MR) is 171 cm³/mol. The highest BCUT2D eigenvalue weighted by molar-refractivity contribution is 6.00. The number of nitrogens with one attached hydrogen (secondary N) is 1. The van der Waals surface area contributed by atoms with Crippen LogP contribution in [-0.4, -0.2) is 73.2 Å². The third-order valence-electron chi connectivity index (χ3n) is 9.78. The normalized spacial score (nSPS) is 20.5. The minimum atomic E-state index is 0.421. The molecule has 0 spiro atoms. The number of benzene rings is 2. The highest BCUT2D eigenvalue weighted by Crippen LogP contribution is 2.39. The summed E-state index contributed by atoms with van der Waals surface area (Å²) in [7, 11) is 4.28. The molecular weight excluding hydrogens is 522 g/mol. The number of nitrogens with two attached hydrogens (primary N) is 1. The zero-order chi connectivity index (χ0) is 29.0. The van der Waals surface area contributed by atoms with E-state index in [1.807, 2.05) is 0 Å². The summed E-state index contributed by atoms with van der Waals surface area (Å²) in [5.41, 5.74) is 15.2. The maximum atomic E-state index is 6.48. The van der Waals surface area contributed by atoms with Crippen molar-refractivity contribution in [3.8, 4) is 11.1 Å². The number of nitrogen functional groups attached to an aromatic ring is 1. The van der Waals surface area contributed by atoms with Crippen molar-refractivity contribution >= 4 is 39.5 Å². The van der Waals surface area contributed by atoms with E-state index in [0.29, 0.717) is 17.9 Å². The molecular formula is C33H41N9. The second kappa shape index (κ2) is 10.7. The minimum Gasteiger partial charge on any atom is -0.383 e. The molecule has 9 heteroatoms. The number of anilines is 3. The number of aromatic nitrogens is 5. The number of imidazole rings is 1. The van der Waals surface area contributed by atoms with Crippen LogP contribution in [-0.2, 0) is 7.05 Å². The smallest absolute Gasteiger partial charge is 0.208 e. The molecule has 0 radical (unpaired) electrons. The molecule has 1 aliphatic heterocycles. The molecule has 218 valence electrons. The fraction of sp³-hybridized carbons (Fsp3) is 0.424. The largest absolute Gasteiger partial charge is 0.383 e. The molecule has 2 aliphatic rings. The Balaban J connectivity index is 1.13. The van der Waals surface area contributed by atoms with Crippen LogP contribution in [0.25, 0.3) is 33.2 Å². The standard InChI is InChI=1S/C33H41N9/c1-21-5-14-28-30(22(21)2)38-33(40(28)4)37-24-8-6-23(7-9-24)27-19-42(32-29(27)31(34)35-20-36-32)26-12-10-25(11-13-26)41-17-15-39(3)16-18-41/h5-9,14,19-20,25-26H,10-13,15-18H2,1-4H3,(H,37,38)(H2,34,35,36)/t25-,26+. The molecule has 1 saturated heterocycles. The lowest BCUT2D eigenvalue weighted by molar-refractivity contribution is 0.0828. The summed E-state index contributed by atoms with van der Waals surface area (Å²) in [5, 5.41) is 4.46. The fourth-order valence-corrected chi connectivity index (χ4v) is 6.96. The van der Waals surface area contributed by atoms with Gasteiger partial charge in [0, 0.05) is 62.8 Å². The van der Waals surface area contributed by atoms with E-state index in [1.54, 1.807) is 6.33 Å². The molecule has 1 saturated carbocycles. The zero-order valence-electron chi connectivity index (χ0n) is 25.1. The van der Waals surface area contributed by atoms with E-state index in [2.05, 4.69) is 99.8 Å². The summed E-state index contributed by atoms with van der Waals surface area (Å²) in [6.07, 6.45) is 8.63. The first kappa shape index (κ1) is 26.9. The number of rotatable bonds is 5. The third-order valence-corrected chi connectivity index (χ3v) is 9.78. The van der Waals surface area contributed by atoms with Gasteiger partial charge in [0.05, 0.1) is 16.4 Å². The van der Waals surface area contributed by atoms with E-state index in [0.717, 1.165) is 57.7 Å². The van der Waals surface area contributed by atoms with Crippen LogP contribution in [0.5, 0.6) is 0 Å². The van der Waals surface area contributed by atoms with Crippen molar-refractivity contribution in [2.45, 2.75) is 51.6 Å². The van der Waals surface area contributed by atoms with Crippen LogP contribution >= 0.6 is 0 Å². The second-order valence-corrected chi connectivity index (χ2v) is 12.3. The summed E-state index contributed by atoms with van der Waals surface area (Å²) in [6, 6.07) is 13.9. The Kier molecular flexibility index (Phi) is 6.86. The van der Waals surface area contributed by atoms with Crippen molar-refractivity contribution in [3.05, 3.63) is 60.0 Å². The summed E-state index contributed by atoms with van der Waals surface area (Å²) in [5.74, 6) is 1.36. The Hall–Kier alpha value is -3.95. The van der Waals surface area contributed by atoms with Gasteiger partial charge in [0.2, 0.25) is 5.95 Å². The molecule has 0 atom stereocenters. The summed E-state index contributed by atoms with van der Waals surface area (Å²) in [4.78, 5) is 19.1. The fourth-order valence-electron chi connectivity index (χ4n) is 6.96. The van der Waals surface area contributed by atoms with Gasteiger partial charge in [0.15, 0.2) is 0 Å². The Bertz CT molecular complexity index is 1730. The summed E-state index contributed by atoms with van der Waals surface area (Å²) < 4.78 is 4.48. The number of likely N-dealkylation sites (N-methyl/N-ethyl adjacent to an activating group) is 1. The van der Waals surface area contributed by atoms with Crippen molar-refractivity contribution in [2.24, 2.45) is 7.05 Å². The molecule has 2 fully saturated rings. The molecule has 5 aromatic rings. The van der Waals surface area contributed by atoms with Crippen LogP contribution in [0.2, 0.25) is 0 Å². The highest BCUT2D eigenvalue weighted by atomic mass is 15.3. The van der Waals surface area contributed by atoms with E-state index in [1.165, 1.54) is 50.1 Å². The molecule has 3 N–H and O–H groups in total. The molecule has 0 bridgehead atoms. The number of aryl methyl sites for hydroxylation is 3. The average Bonchev–Trinajstić information content (AvgIpc) is 3.55. The molecule has 4 heterocycles. The number of piperazine rings is 1. The molecule has 9 nitrogen and oxygen atoms in total. The van der Waals surface area contributed by atoms with Gasteiger partial charge in [0.1, 0.15) is 17.8 Å². The van der Waals surface area contributed by atoms with Crippen LogP contribution in [0.15, 0.2) is 48.9 Å². The molecule has 2 aromatic carbocycles. The molecule has 1 aliphatic carbocycles. The average molecular weight is 564 g/mol. The molecule has 42 heavy (non-hydrogen) atoms. The topological polar surface area (TPSA) is 93.1 Å². The van der Waals surface area contributed by atoms with Gasteiger partial charge in [-0.05, 0) is 81.5 Å².